The highest BCUT2D eigenvalue weighted by molar-refractivity contribution is 9.10. The van der Waals surface area contributed by atoms with E-state index < -0.39 is 0 Å². The fourth-order valence-corrected chi connectivity index (χ4v) is 2.14. The zero-order valence-electron chi connectivity index (χ0n) is 10.8. The van der Waals surface area contributed by atoms with Crippen molar-refractivity contribution in [1.29, 1.82) is 0 Å². The molecular weight excluding hydrogens is 290 g/mol. The summed E-state index contributed by atoms with van der Waals surface area (Å²) in [6.07, 6.45) is 3.07. The Morgan fingerprint density at radius 1 is 1.33 bits per heavy atom. The summed E-state index contributed by atoms with van der Waals surface area (Å²) in [4.78, 5) is 12.6. The fraction of sp³-hybridized carbons (Fsp3) is 0.400. The van der Waals surface area contributed by atoms with Crippen LogP contribution in [0.3, 0.4) is 0 Å². The molecule has 0 saturated carbocycles. The molecule has 18 heavy (non-hydrogen) atoms. The van der Waals surface area contributed by atoms with Gasteiger partial charge in [0.25, 0.3) is 0 Å². The van der Waals surface area contributed by atoms with E-state index in [1.165, 1.54) is 0 Å². The third-order valence-electron chi connectivity index (χ3n) is 3.01. The molecule has 0 spiro atoms. The van der Waals surface area contributed by atoms with E-state index >= 15 is 0 Å². The van der Waals surface area contributed by atoms with Gasteiger partial charge in [0.1, 0.15) is 6.29 Å². The summed E-state index contributed by atoms with van der Waals surface area (Å²) in [5.41, 5.74) is 1.12. The first-order valence-corrected chi connectivity index (χ1v) is 6.99. The third kappa shape index (κ3) is 5.50. The Hall–Kier alpha value is -1.09. The Bertz CT molecular complexity index is 369. The molecule has 0 N–H and O–H groups in total. The molecule has 1 aliphatic rings. The summed E-state index contributed by atoms with van der Waals surface area (Å²) in [5.74, 6) is 0.297. The molecule has 0 bridgehead atoms. The molecule has 98 valence electrons. The lowest BCUT2D eigenvalue weighted by molar-refractivity contribution is -0.112. The average Bonchev–Trinajstić information content (AvgIpc) is 2.40. The van der Waals surface area contributed by atoms with Crippen LogP contribution in [0.25, 0.3) is 0 Å². The number of piperidine rings is 1. The molecule has 2 nitrogen and oxygen atoms in total. The smallest absolute Gasteiger partial charge is 0.123 e. The number of carbonyl (C=O) groups excluding carboxylic acids is 1. The van der Waals surface area contributed by atoms with E-state index in [1.54, 1.807) is 0 Å². The van der Waals surface area contributed by atoms with Crippen molar-refractivity contribution in [3.63, 3.8) is 0 Å². The van der Waals surface area contributed by atoms with Crippen LogP contribution in [0.4, 0.5) is 0 Å². The summed E-state index contributed by atoms with van der Waals surface area (Å²) >= 11 is 3.31. The summed E-state index contributed by atoms with van der Waals surface area (Å²) in [5, 5.41) is 0. The highest BCUT2D eigenvalue weighted by Crippen LogP contribution is 2.17. The van der Waals surface area contributed by atoms with Crippen LogP contribution in [0.2, 0.25) is 0 Å². The van der Waals surface area contributed by atoms with Gasteiger partial charge in [-0.15, -0.1) is 0 Å². The van der Waals surface area contributed by atoms with Gasteiger partial charge in [-0.25, -0.2) is 0 Å². The molecule has 0 aliphatic carbocycles. The number of halogens is 1. The minimum atomic E-state index is 0.297. The van der Waals surface area contributed by atoms with Gasteiger partial charge in [0.15, 0.2) is 0 Å². The molecule has 1 saturated heterocycles. The van der Waals surface area contributed by atoms with E-state index in [9.17, 15) is 4.79 Å². The van der Waals surface area contributed by atoms with E-state index in [0.29, 0.717) is 5.92 Å². The molecule has 1 fully saturated rings. The zero-order chi connectivity index (χ0) is 13.4. The van der Waals surface area contributed by atoms with Gasteiger partial charge in [-0.3, -0.25) is 0 Å². The lowest BCUT2D eigenvalue weighted by atomic mass is 9.98. The number of benzene rings is 1. The maximum Gasteiger partial charge on any atom is 0.123 e. The Labute approximate surface area is 118 Å². The number of nitrogens with zero attached hydrogens (tertiary/aromatic N) is 1. The van der Waals surface area contributed by atoms with Gasteiger partial charge >= 0.3 is 0 Å². The predicted octanol–water partition coefficient (Wildman–Crippen LogP) is 3.88. The standard InChI is InChI=1S/C9H15NO.C6H5Br/c1-8(2)10-5-3-9(7-11)4-6-10;7-6-4-2-1-3-5-6/h7,9H,1,3-6H2,2H3;1-5H. The van der Waals surface area contributed by atoms with Crippen molar-refractivity contribution in [1.82, 2.24) is 4.90 Å². The van der Waals surface area contributed by atoms with Crippen molar-refractivity contribution >= 4 is 22.2 Å². The van der Waals surface area contributed by atoms with E-state index in [-0.39, 0.29) is 0 Å². The van der Waals surface area contributed by atoms with E-state index in [4.69, 9.17) is 0 Å². The second kappa shape index (κ2) is 8.09. The number of hydrogen-bond acceptors (Lipinski definition) is 2. The largest absolute Gasteiger partial charge is 0.375 e. The summed E-state index contributed by atoms with van der Waals surface area (Å²) < 4.78 is 1.13. The van der Waals surface area contributed by atoms with Crippen molar-refractivity contribution in [3.8, 4) is 0 Å². The van der Waals surface area contributed by atoms with Crippen molar-refractivity contribution in [3.05, 3.63) is 47.1 Å². The Balaban J connectivity index is 0.000000199. The van der Waals surface area contributed by atoms with Gasteiger partial charge in [0, 0.05) is 29.2 Å². The lowest BCUT2D eigenvalue weighted by Crippen LogP contribution is -2.32. The topological polar surface area (TPSA) is 20.3 Å². The molecule has 0 radical (unpaired) electrons. The minimum Gasteiger partial charge on any atom is -0.375 e. The van der Waals surface area contributed by atoms with Crippen LogP contribution in [-0.4, -0.2) is 24.3 Å². The van der Waals surface area contributed by atoms with Crippen LogP contribution in [0.15, 0.2) is 47.1 Å². The molecule has 0 aromatic heterocycles. The van der Waals surface area contributed by atoms with Crippen LogP contribution in [0.5, 0.6) is 0 Å². The third-order valence-corrected chi connectivity index (χ3v) is 3.53. The van der Waals surface area contributed by atoms with Gasteiger partial charge in [-0.1, -0.05) is 40.7 Å². The van der Waals surface area contributed by atoms with Crippen LogP contribution in [0, 0.1) is 5.92 Å². The van der Waals surface area contributed by atoms with Crippen molar-refractivity contribution in [2.45, 2.75) is 19.8 Å². The first-order chi connectivity index (χ1) is 8.63. The molecule has 1 heterocycles. The highest BCUT2D eigenvalue weighted by Gasteiger charge is 2.17. The van der Waals surface area contributed by atoms with Crippen LogP contribution in [-0.2, 0) is 4.79 Å². The van der Waals surface area contributed by atoms with Gasteiger partial charge in [-0.05, 0) is 31.9 Å². The first-order valence-electron chi connectivity index (χ1n) is 6.19. The first kappa shape index (κ1) is 15.0. The van der Waals surface area contributed by atoms with Crippen LogP contribution in [0.1, 0.15) is 19.8 Å². The van der Waals surface area contributed by atoms with Crippen molar-refractivity contribution in [2.24, 2.45) is 5.92 Å². The van der Waals surface area contributed by atoms with E-state index in [2.05, 4.69) is 27.4 Å². The second-order valence-corrected chi connectivity index (χ2v) is 5.41. The summed E-state index contributed by atoms with van der Waals surface area (Å²) in [6.45, 7) is 7.88. The summed E-state index contributed by atoms with van der Waals surface area (Å²) in [6, 6.07) is 9.97. The van der Waals surface area contributed by atoms with Gasteiger partial charge in [-0.2, -0.15) is 0 Å². The number of carbonyl (C=O) groups is 1. The zero-order valence-corrected chi connectivity index (χ0v) is 12.4. The van der Waals surface area contributed by atoms with Crippen molar-refractivity contribution < 1.29 is 4.79 Å². The molecule has 1 aliphatic heterocycles. The molecule has 1 aromatic rings. The Kier molecular flexibility index (Phi) is 6.73. The van der Waals surface area contributed by atoms with Crippen LogP contribution < -0.4 is 0 Å². The molecule has 0 amide bonds. The average molecular weight is 310 g/mol. The highest BCUT2D eigenvalue weighted by atomic mass is 79.9. The molecule has 0 atom stereocenters. The fourth-order valence-electron chi connectivity index (χ4n) is 1.83. The number of allylic oxidation sites excluding steroid dienone is 1. The second-order valence-electron chi connectivity index (χ2n) is 4.49. The quantitative estimate of drug-likeness (QED) is 0.773. The molecular formula is C15H20BrNO. The predicted molar refractivity (Wildman–Crippen MR) is 79.3 cm³/mol. The molecule has 1 aromatic carbocycles. The Morgan fingerprint density at radius 3 is 2.22 bits per heavy atom. The minimum absolute atomic E-state index is 0.297. The molecule has 0 unspecified atom stereocenters. The number of rotatable bonds is 2. The molecule has 2 rings (SSSR count). The maximum atomic E-state index is 10.4. The SMILES string of the molecule is Brc1ccccc1.C=C(C)N1CCC(C=O)CC1. The summed E-state index contributed by atoms with van der Waals surface area (Å²) in [7, 11) is 0. The van der Waals surface area contributed by atoms with Gasteiger partial charge < -0.3 is 9.69 Å². The van der Waals surface area contributed by atoms with Gasteiger partial charge in [0.05, 0.1) is 0 Å². The number of aldehydes is 1. The lowest BCUT2D eigenvalue weighted by Gasteiger charge is -2.31. The maximum absolute atomic E-state index is 10.4. The van der Waals surface area contributed by atoms with Crippen molar-refractivity contribution in [2.75, 3.05) is 13.1 Å². The van der Waals surface area contributed by atoms with Crippen LogP contribution >= 0.6 is 15.9 Å². The Morgan fingerprint density at radius 2 is 1.89 bits per heavy atom. The normalized spacial score (nSPS) is 15.6. The number of likely N-dealkylation sites (tertiary alicyclic amines) is 1. The van der Waals surface area contributed by atoms with Gasteiger partial charge in [0.2, 0.25) is 0 Å². The molecule has 3 heteroatoms. The van der Waals surface area contributed by atoms with E-state index in [1.807, 2.05) is 37.3 Å². The van der Waals surface area contributed by atoms with E-state index in [0.717, 1.165) is 42.4 Å². The number of hydrogen-bond donors (Lipinski definition) is 0. The monoisotopic (exact) mass is 309 g/mol.